The van der Waals surface area contributed by atoms with Crippen molar-refractivity contribution >= 4 is 6.29 Å². The van der Waals surface area contributed by atoms with Crippen LogP contribution < -0.4 is 4.74 Å². The van der Waals surface area contributed by atoms with Gasteiger partial charge < -0.3 is 9.64 Å². The largest absolute Gasteiger partial charge is 0.486 e. The molecule has 0 amide bonds. The van der Waals surface area contributed by atoms with Crippen molar-refractivity contribution in [2.45, 2.75) is 25.4 Å². The zero-order valence-electron chi connectivity index (χ0n) is 10.5. The molecular weight excluding hydrogens is 214 g/mol. The molecule has 1 aromatic carbocycles. The van der Waals surface area contributed by atoms with Crippen molar-refractivity contribution < 1.29 is 9.53 Å². The van der Waals surface area contributed by atoms with Gasteiger partial charge in [0.1, 0.15) is 17.6 Å². The Bertz CT molecular complexity index is 405. The third kappa shape index (κ3) is 3.07. The fraction of sp³-hybridized carbons (Fsp3) is 0.500. The van der Waals surface area contributed by atoms with Crippen molar-refractivity contribution in [1.82, 2.24) is 4.90 Å². The Morgan fingerprint density at radius 2 is 2.29 bits per heavy atom. The topological polar surface area (TPSA) is 29.5 Å². The first kappa shape index (κ1) is 12.1. The van der Waals surface area contributed by atoms with Gasteiger partial charge >= 0.3 is 0 Å². The van der Waals surface area contributed by atoms with E-state index in [0.717, 1.165) is 38.0 Å². The van der Waals surface area contributed by atoms with Crippen LogP contribution in [0.3, 0.4) is 0 Å². The van der Waals surface area contributed by atoms with Gasteiger partial charge in [0.25, 0.3) is 0 Å². The molecule has 1 aromatic rings. The molecule has 1 atom stereocenters. The maximum Gasteiger partial charge on any atom is 0.150 e. The molecule has 1 aliphatic heterocycles. The molecule has 17 heavy (non-hydrogen) atoms. The molecule has 1 heterocycles. The lowest BCUT2D eigenvalue weighted by atomic mass is 9.95. The van der Waals surface area contributed by atoms with Gasteiger partial charge in [-0.2, -0.15) is 0 Å². The molecule has 2 rings (SSSR count). The number of hydrogen-bond acceptors (Lipinski definition) is 3. The van der Waals surface area contributed by atoms with Crippen molar-refractivity contribution in [3.63, 3.8) is 0 Å². The molecule has 1 fully saturated rings. The molecular formula is C14H19NO2. The summed E-state index contributed by atoms with van der Waals surface area (Å²) in [4.78, 5) is 13.0. The SMILES string of the molecule is CN1CCCC(C)(Oc2cccc(C=O)c2)C1. The molecule has 92 valence electrons. The van der Waals surface area contributed by atoms with Crippen LogP contribution in [0.5, 0.6) is 5.75 Å². The summed E-state index contributed by atoms with van der Waals surface area (Å²) in [5.41, 5.74) is 0.518. The number of carbonyl (C=O) groups excluding carboxylic acids is 1. The molecule has 0 radical (unpaired) electrons. The summed E-state index contributed by atoms with van der Waals surface area (Å²) in [6, 6.07) is 7.35. The highest BCUT2D eigenvalue weighted by molar-refractivity contribution is 5.75. The quantitative estimate of drug-likeness (QED) is 0.751. The van der Waals surface area contributed by atoms with Gasteiger partial charge in [-0.3, -0.25) is 4.79 Å². The van der Waals surface area contributed by atoms with Crippen LogP contribution in [-0.2, 0) is 0 Å². The van der Waals surface area contributed by atoms with E-state index in [4.69, 9.17) is 4.74 Å². The van der Waals surface area contributed by atoms with Crippen LogP contribution in [-0.4, -0.2) is 36.9 Å². The molecule has 3 heteroatoms. The number of likely N-dealkylation sites (tertiary alicyclic amines) is 1. The van der Waals surface area contributed by atoms with Gasteiger partial charge in [0, 0.05) is 12.1 Å². The van der Waals surface area contributed by atoms with Crippen LogP contribution in [0.25, 0.3) is 0 Å². The maximum absolute atomic E-state index is 10.7. The van der Waals surface area contributed by atoms with Crippen LogP contribution in [0.2, 0.25) is 0 Å². The Kier molecular flexibility index (Phi) is 3.48. The van der Waals surface area contributed by atoms with E-state index < -0.39 is 0 Å². The normalized spacial score (nSPS) is 25.5. The van der Waals surface area contributed by atoms with Gasteiger partial charge in [-0.15, -0.1) is 0 Å². The maximum atomic E-state index is 10.7. The second-order valence-electron chi connectivity index (χ2n) is 5.08. The van der Waals surface area contributed by atoms with Gasteiger partial charge in [0.2, 0.25) is 0 Å². The Morgan fingerprint density at radius 1 is 1.47 bits per heavy atom. The molecule has 0 aliphatic carbocycles. The average molecular weight is 233 g/mol. The first-order chi connectivity index (χ1) is 8.11. The third-order valence-corrected chi connectivity index (χ3v) is 3.21. The fourth-order valence-electron chi connectivity index (χ4n) is 2.47. The number of aldehydes is 1. The van der Waals surface area contributed by atoms with Crippen LogP contribution in [0.4, 0.5) is 0 Å². The van der Waals surface area contributed by atoms with E-state index in [1.165, 1.54) is 0 Å². The Balaban J connectivity index is 2.10. The van der Waals surface area contributed by atoms with Gasteiger partial charge in [-0.05, 0) is 45.5 Å². The highest BCUT2D eigenvalue weighted by Gasteiger charge is 2.31. The van der Waals surface area contributed by atoms with Gasteiger partial charge in [-0.1, -0.05) is 12.1 Å². The van der Waals surface area contributed by atoms with Crippen LogP contribution in [0.1, 0.15) is 30.1 Å². The summed E-state index contributed by atoms with van der Waals surface area (Å²) in [6.45, 7) is 4.20. The van der Waals surface area contributed by atoms with E-state index >= 15 is 0 Å². The lowest BCUT2D eigenvalue weighted by Gasteiger charge is -2.39. The van der Waals surface area contributed by atoms with Gasteiger partial charge in [0.05, 0.1) is 0 Å². The van der Waals surface area contributed by atoms with Crippen molar-refractivity contribution in [3.05, 3.63) is 29.8 Å². The molecule has 1 aliphatic rings. The third-order valence-electron chi connectivity index (χ3n) is 3.21. The lowest BCUT2D eigenvalue weighted by Crippen LogP contribution is -2.48. The standard InChI is InChI=1S/C14H19NO2/c1-14(7-4-8-15(2)11-14)17-13-6-3-5-12(9-13)10-16/h3,5-6,9-10H,4,7-8,11H2,1-2H3. The van der Waals surface area contributed by atoms with Crippen molar-refractivity contribution in [3.8, 4) is 5.75 Å². The van der Waals surface area contributed by atoms with E-state index in [2.05, 4.69) is 18.9 Å². The monoisotopic (exact) mass is 233 g/mol. The first-order valence-electron chi connectivity index (χ1n) is 6.04. The van der Waals surface area contributed by atoms with E-state index in [1.807, 2.05) is 12.1 Å². The number of likely N-dealkylation sites (N-methyl/N-ethyl adjacent to an activating group) is 1. The second kappa shape index (κ2) is 4.88. The molecule has 0 saturated carbocycles. The number of benzene rings is 1. The Hall–Kier alpha value is -1.35. The molecule has 0 aromatic heterocycles. The second-order valence-corrected chi connectivity index (χ2v) is 5.08. The molecule has 0 bridgehead atoms. The minimum atomic E-state index is -0.144. The van der Waals surface area contributed by atoms with Crippen molar-refractivity contribution in [1.29, 1.82) is 0 Å². The highest BCUT2D eigenvalue weighted by atomic mass is 16.5. The number of ether oxygens (including phenoxy) is 1. The van der Waals surface area contributed by atoms with E-state index in [9.17, 15) is 4.79 Å². The summed E-state index contributed by atoms with van der Waals surface area (Å²) in [5, 5.41) is 0. The fourth-order valence-corrected chi connectivity index (χ4v) is 2.47. The summed E-state index contributed by atoms with van der Waals surface area (Å²) < 4.78 is 6.06. The lowest BCUT2D eigenvalue weighted by molar-refractivity contribution is 0.0155. The first-order valence-corrected chi connectivity index (χ1v) is 6.04. The smallest absolute Gasteiger partial charge is 0.150 e. The highest BCUT2D eigenvalue weighted by Crippen LogP contribution is 2.27. The molecule has 3 nitrogen and oxygen atoms in total. The van der Waals surface area contributed by atoms with Gasteiger partial charge in [-0.25, -0.2) is 0 Å². The van der Waals surface area contributed by atoms with Crippen LogP contribution in [0, 0.1) is 0 Å². The predicted octanol–water partition coefficient (Wildman–Crippen LogP) is 2.36. The van der Waals surface area contributed by atoms with E-state index in [0.29, 0.717) is 5.56 Å². The zero-order chi connectivity index (χ0) is 12.3. The van der Waals surface area contributed by atoms with E-state index in [-0.39, 0.29) is 5.60 Å². The minimum Gasteiger partial charge on any atom is -0.486 e. The Labute approximate surface area is 102 Å². The van der Waals surface area contributed by atoms with Gasteiger partial charge in [0.15, 0.2) is 0 Å². The molecule has 1 saturated heterocycles. The number of nitrogens with zero attached hydrogens (tertiary/aromatic N) is 1. The number of rotatable bonds is 3. The summed E-state index contributed by atoms with van der Waals surface area (Å²) in [6.07, 6.45) is 3.06. The predicted molar refractivity (Wildman–Crippen MR) is 67.6 cm³/mol. The average Bonchev–Trinajstić information content (AvgIpc) is 2.28. The molecule has 0 N–H and O–H groups in total. The van der Waals surface area contributed by atoms with Crippen LogP contribution in [0.15, 0.2) is 24.3 Å². The van der Waals surface area contributed by atoms with Crippen molar-refractivity contribution in [2.24, 2.45) is 0 Å². The molecule has 0 spiro atoms. The summed E-state index contributed by atoms with van der Waals surface area (Å²) >= 11 is 0. The minimum absolute atomic E-state index is 0.144. The number of hydrogen-bond donors (Lipinski definition) is 0. The number of piperidine rings is 1. The van der Waals surface area contributed by atoms with Crippen molar-refractivity contribution in [2.75, 3.05) is 20.1 Å². The van der Waals surface area contributed by atoms with Crippen LogP contribution >= 0.6 is 0 Å². The summed E-state index contributed by atoms with van der Waals surface area (Å²) in [5.74, 6) is 0.785. The Morgan fingerprint density at radius 3 is 3.00 bits per heavy atom. The zero-order valence-corrected chi connectivity index (χ0v) is 10.5. The molecule has 1 unspecified atom stereocenters. The van der Waals surface area contributed by atoms with E-state index in [1.54, 1.807) is 12.1 Å². The summed E-state index contributed by atoms with van der Waals surface area (Å²) in [7, 11) is 2.11. The number of carbonyl (C=O) groups is 1.